The standard InChI is InChI=1S/C19H30N4O4/c1-10(2)12(5)19(26)23-9-7-8-14(23)17(25)20-15(11(3)4)16(24)18-22-21-13(6)27-18/h10-12,14-15H,7-9H2,1-6H3,(H,20,25). The van der Waals surface area contributed by atoms with Gasteiger partial charge in [0.15, 0.2) is 0 Å². The van der Waals surface area contributed by atoms with E-state index in [1.54, 1.807) is 11.8 Å². The molecule has 1 aliphatic heterocycles. The van der Waals surface area contributed by atoms with Gasteiger partial charge in [-0.25, -0.2) is 0 Å². The molecule has 2 heterocycles. The Morgan fingerprint density at radius 2 is 1.78 bits per heavy atom. The van der Waals surface area contributed by atoms with Gasteiger partial charge in [-0.3, -0.25) is 14.4 Å². The van der Waals surface area contributed by atoms with Gasteiger partial charge in [0.25, 0.3) is 5.89 Å². The Kier molecular flexibility index (Phi) is 6.73. The highest BCUT2D eigenvalue weighted by Gasteiger charge is 2.39. The monoisotopic (exact) mass is 378 g/mol. The van der Waals surface area contributed by atoms with Crippen molar-refractivity contribution in [2.45, 2.75) is 66.5 Å². The number of hydrogen-bond donors (Lipinski definition) is 1. The van der Waals surface area contributed by atoms with Gasteiger partial charge >= 0.3 is 0 Å². The van der Waals surface area contributed by atoms with Gasteiger partial charge in [-0.15, -0.1) is 10.2 Å². The molecule has 0 radical (unpaired) electrons. The topological polar surface area (TPSA) is 105 Å². The van der Waals surface area contributed by atoms with Gasteiger partial charge < -0.3 is 14.6 Å². The van der Waals surface area contributed by atoms with E-state index in [1.807, 2.05) is 34.6 Å². The van der Waals surface area contributed by atoms with Gasteiger partial charge in [-0.05, 0) is 24.7 Å². The molecule has 1 N–H and O–H groups in total. The van der Waals surface area contributed by atoms with E-state index in [0.717, 1.165) is 6.42 Å². The zero-order chi connectivity index (χ0) is 20.3. The minimum Gasteiger partial charge on any atom is -0.419 e. The SMILES string of the molecule is Cc1nnc(C(=O)C(NC(=O)C2CCCN2C(=O)C(C)C(C)C)C(C)C)o1. The predicted octanol–water partition coefficient (Wildman–Crippen LogP) is 1.98. The zero-order valence-electron chi connectivity index (χ0n) is 17.0. The molecule has 1 aliphatic rings. The summed E-state index contributed by atoms with van der Waals surface area (Å²) in [4.78, 5) is 39.9. The van der Waals surface area contributed by atoms with Crippen LogP contribution in [0.3, 0.4) is 0 Å². The second kappa shape index (κ2) is 8.63. The number of likely N-dealkylation sites (tertiary alicyclic amines) is 1. The van der Waals surface area contributed by atoms with Crippen LogP contribution in [0.25, 0.3) is 0 Å². The quantitative estimate of drug-likeness (QED) is 0.727. The fourth-order valence-electron chi connectivity index (χ4n) is 3.16. The number of hydrogen-bond acceptors (Lipinski definition) is 6. The number of aryl methyl sites for hydroxylation is 1. The lowest BCUT2D eigenvalue weighted by Crippen LogP contribution is -2.53. The smallest absolute Gasteiger partial charge is 0.286 e. The Morgan fingerprint density at radius 3 is 2.30 bits per heavy atom. The molecule has 2 rings (SSSR count). The van der Waals surface area contributed by atoms with Crippen LogP contribution in [0.15, 0.2) is 4.42 Å². The summed E-state index contributed by atoms with van der Waals surface area (Å²) < 4.78 is 5.21. The average molecular weight is 378 g/mol. The van der Waals surface area contributed by atoms with E-state index in [4.69, 9.17) is 4.42 Å². The highest BCUT2D eigenvalue weighted by Crippen LogP contribution is 2.23. The Morgan fingerprint density at radius 1 is 1.11 bits per heavy atom. The second-order valence-electron chi connectivity index (χ2n) is 7.94. The van der Waals surface area contributed by atoms with Crippen molar-refractivity contribution < 1.29 is 18.8 Å². The molecule has 27 heavy (non-hydrogen) atoms. The summed E-state index contributed by atoms with van der Waals surface area (Å²) >= 11 is 0. The van der Waals surface area contributed by atoms with E-state index in [-0.39, 0.29) is 35.5 Å². The number of amides is 2. The van der Waals surface area contributed by atoms with Crippen molar-refractivity contribution in [3.63, 3.8) is 0 Å². The number of Topliss-reactive ketones (excluding diaryl/α,β-unsaturated/α-hetero) is 1. The minimum absolute atomic E-state index is 0.0115. The number of aromatic nitrogens is 2. The van der Waals surface area contributed by atoms with Gasteiger partial charge in [0.2, 0.25) is 23.5 Å². The van der Waals surface area contributed by atoms with E-state index in [1.165, 1.54) is 0 Å². The van der Waals surface area contributed by atoms with E-state index < -0.39 is 17.9 Å². The molecule has 3 unspecified atom stereocenters. The van der Waals surface area contributed by atoms with E-state index >= 15 is 0 Å². The molecule has 1 aromatic heterocycles. The maximum Gasteiger partial charge on any atom is 0.286 e. The first kappa shape index (κ1) is 21.1. The Labute approximate surface area is 160 Å². The number of carbonyl (C=O) groups is 3. The van der Waals surface area contributed by atoms with Crippen LogP contribution in [0.5, 0.6) is 0 Å². The van der Waals surface area contributed by atoms with Crippen molar-refractivity contribution in [2.24, 2.45) is 17.8 Å². The number of nitrogens with one attached hydrogen (secondary N) is 1. The Bertz CT molecular complexity index is 698. The molecule has 0 spiro atoms. The first-order valence-corrected chi connectivity index (χ1v) is 9.58. The van der Waals surface area contributed by atoms with Crippen LogP contribution in [-0.4, -0.2) is 51.3 Å². The largest absolute Gasteiger partial charge is 0.419 e. The molecule has 0 bridgehead atoms. The molecule has 8 nitrogen and oxygen atoms in total. The lowest BCUT2D eigenvalue weighted by atomic mass is 9.96. The number of nitrogens with zero attached hydrogens (tertiary/aromatic N) is 3. The number of rotatable bonds is 7. The summed E-state index contributed by atoms with van der Waals surface area (Å²) in [5.41, 5.74) is 0. The molecule has 2 amide bonds. The maximum absolute atomic E-state index is 12.9. The maximum atomic E-state index is 12.9. The first-order valence-electron chi connectivity index (χ1n) is 9.58. The summed E-state index contributed by atoms with van der Waals surface area (Å²) in [6.07, 6.45) is 1.37. The number of carbonyl (C=O) groups excluding carboxylic acids is 3. The van der Waals surface area contributed by atoms with Crippen LogP contribution in [0.4, 0.5) is 0 Å². The molecule has 1 saturated heterocycles. The third-order valence-electron chi connectivity index (χ3n) is 5.21. The molecule has 0 aromatic carbocycles. The molecule has 3 atom stereocenters. The Hall–Kier alpha value is -2.25. The van der Waals surface area contributed by atoms with Crippen LogP contribution in [0.1, 0.15) is 64.0 Å². The van der Waals surface area contributed by atoms with E-state index in [0.29, 0.717) is 18.9 Å². The van der Waals surface area contributed by atoms with Gasteiger partial charge in [-0.1, -0.05) is 34.6 Å². The summed E-state index contributed by atoms with van der Waals surface area (Å²) in [5.74, 6) is -0.654. The van der Waals surface area contributed by atoms with Gasteiger partial charge in [0.1, 0.15) is 6.04 Å². The van der Waals surface area contributed by atoms with Gasteiger partial charge in [0, 0.05) is 19.4 Å². The van der Waals surface area contributed by atoms with Crippen molar-refractivity contribution in [2.75, 3.05) is 6.54 Å². The van der Waals surface area contributed by atoms with Gasteiger partial charge in [-0.2, -0.15) is 0 Å². The average Bonchev–Trinajstić information content (AvgIpc) is 3.26. The van der Waals surface area contributed by atoms with Crippen molar-refractivity contribution in [1.29, 1.82) is 0 Å². The van der Waals surface area contributed by atoms with Crippen molar-refractivity contribution in [1.82, 2.24) is 20.4 Å². The van der Waals surface area contributed by atoms with Crippen molar-refractivity contribution >= 4 is 17.6 Å². The third kappa shape index (κ3) is 4.73. The predicted molar refractivity (Wildman–Crippen MR) is 98.9 cm³/mol. The van der Waals surface area contributed by atoms with Crippen LogP contribution in [0.2, 0.25) is 0 Å². The van der Waals surface area contributed by atoms with E-state index in [2.05, 4.69) is 15.5 Å². The normalized spacial score (nSPS) is 19.4. The molecule has 1 fully saturated rings. The van der Waals surface area contributed by atoms with Gasteiger partial charge in [0.05, 0.1) is 6.04 Å². The third-order valence-corrected chi connectivity index (χ3v) is 5.21. The molecule has 0 saturated carbocycles. The first-order chi connectivity index (χ1) is 12.6. The summed E-state index contributed by atoms with van der Waals surface area (Å²) in [6.45, 7) is 11.7. The Balaban J connectivity index is 2.12. The highest BCUT2D eigenvalue weighted by molar-refractivity contribution is 5.99. The molecule has 1 aromatic rings. The molecular weight excluding hydrogens is 348 g/mol. The van der Waals surface area contributed by atoms with Crippen molar-refractivity contribution in [3.8, 4) is 0 Å². The summed E-state index contributed by atoms with van der Waals surface area (Å²) in [6, 6.07) is -1.32. The summed E-state index contributed by atoms with van der Waals surface area (Å²) in [5, 5.41) is 10.2. The zero-order valence-corrected chi connectivity index (χ0v) is 17.0. The van der Waals surface area contributed by atoms with Crippen LogP contribution >= 0.6 is 0 Å². The van der Waals surface area contributed by atoms with Crippen LogP contribution in [0, 0.1) is 24.7 Å². The fraction of sp³-hybridized carbons (Fsp3) is 0.737. The lowest BCUT2D eigenvalue weighted by molar-refractivity contribution is -0.142. The lowest BCUT2D eigenvalue weighted by Gasteiger charge is -2.30. The number of ketones is 1. The van der Waals surface area contributed by atoms with E-state index in [9.17, 15) is 14.4 Å². The van der Waals surface area contributed by atoms with Crippen LogP contribution < -0.4 is 5.32 Å². The van der Waals surface area contributed by atoms with Crippen LogP contribution in [-0.2, 0) is 9.59 Å². The summed E-state index contributed by atoms with van der Waals surface area (Å²) in [7, 11) is 0. The molecular formula is C19H30N4O4. The molecule has 0 aliphatic carbocycles. The highest BCUT2D eigenvalue weighted by atomic mass is 16.4. The minimum atomic E-state index is -0.780. The fourth-order valence-corrected chi connectivity index (χ4v) is 3.16. The molecule has 8 heteroatoms. The second-order valence-corrected chi connectivity index (χ2v) is 7.94. The van der Waals surface area contributed by atoms with Crippen molar-refractivity contribution in [3.05, 3.63) is 11.8 Å². The molecule has 150 valence electrons.